The molecule has 8 nitrogen and oxygen atoms in total. The molecule has 0 radical (unpaired) electrons. The number of aliphatic hydroxyl groups is 1. The van der Waals surface area contributed by atoms with Gasteiger partial charge in [-0.15, -0.1) is 0 Å². The van der Waals surface area contributed by atoms with Gasteiger partial charge in [0.2, 0.25) is 5.91 Å². The van der Waals surface area contributed by atoms with E-state index in [0.29, 0.717) is 30.7 Å². The number of piperidine rings is 1. The van der Waals surface area contributed by atoms with Gasteiger partial charge in [0.25, 0.3) is 0 Å². The van der Waals surface area contributed by atoms with Crippen LogP contribution in [-0.4, -0.2) is 70.4 Å². The van der Waals surface area contributed by atoms with Crippen LogP contribution < -0.4 is 16.1 Å². The zero-order valence-corrected chi connectivity index (χ0v) is 19.1. The smallest absolute Gasteiger partial charge is 0.228 e. The minimum atomic E-state index is -0.598. The van der Waals surface area contributed by atoms with Crippen LogP contribution in [0.15, 0.2) is 24.3 Å². The summed E-state index contributed by atoms with van der Waals surface area (Å²) in [5, 5.41) is 29.5. The van der Waals surface area contributed by atoms with E-state index in [1.54, 1.807) is 0 Å². The van der Waals surface area contributed by atoms with E-state index >= 15 is 0 Å². The number of nitriles is 1. The Bertz CT molecular complexity index is 895. The molecule has 0 aromatic heterocycles. The molecule has 6 atom stereocenters. The molecule has 3 heterocycles. The first-order valence-electron chi connectivity index (χ1n) is 11.5. The fraction of sp³-hybridized carbons (Fsp3) is 0.652. The summed E-state index contributed by atoms with van der Waals surface area (Å²) in [6.07, 6.45) is 3.30. The molecule has 1 aromatic carbocycles. The maximum Gasteiger partial charge on any atom is 0.228 e. The number of hydrogen-bond acceptors (Lipinski definition) is 7. The van der Waals surface area contributed by atoms with Crippen molar-refractivity contribution in [2.75, 3.05) is 25.0 Å². The van der Waals surface area contributed by atoms with Crippen molar-refractivity contribution in [2.24, 2.45) is 11.8 Å². The molecule has 4 fully saturated rings. The Morgan fingerprint density at radius 1 is 1.22 bits per heavy atom. The number of anilines is 1. The van der Waals surface area contributed by atoms with Crippen molar-refractivity contribution >= 4 is 23.2 Å². The molecule has 32 heavy (non-hydrogen) atoms. The minimum absolute atomic E-state index is 0.0488. The number of carbonyl (C=O) groups is 1. The van der Waals surface area contributed by atoms with Gasteiger partial charge in [0.15, 0.2) is 0 Å². The summed E-state index contributed by atoms with van der Waals surface area (Å²) >= 11 is 6.02. The molecule has 3 unspecified atom stereocenters. The fourth-order valence-electron chi connectivity index (χ4n) is 6.05. The lowest BCUT2D eigenvalue weighted by atomic mass is 9.78. The number of fused-ring (bicyclic) bond motifs is 1. The van der Waals surface area contributed by atoms with Gasteiger partial charge in [-0.3, -0.25) is 9.69 Å². The number of carbonyl (C=O) groups excluding carboxylic acids is 1. The Labute approximate surface area is 193 Å². The van der Waals surface area contributed by atoms with Gasteiger partial charge in [0, 0.05) is 48.5 Å². The molecule has 1 aliphatic carbocycles. The van der Waals surface area contributed by atoms with Crippen LogP contribution in [0.4, 0.5) is 5.69 Å². The number of benzene rings is 1. The van der Waals surface area contributed by atoms with Crippen LogP contribution in [0, 0.1) is 23.2 Å². The summed E-state index contributed by atoms with van der Waals surface area (Å²) in [6.45, 7) is 3.88. The lowest BCUT2D eigenvalue weighted by Gasteiger charge is -2.51. The normalized spacial score (nSPS) is 37.1. The molecule has 0 spiro atoms. The summed E-state index contributed by atoms with van der Waals surface area (Å²) in [5.41, 5.74) is 3.87. The molecule has 4 N–H and O–H groups in total. The highest BCUT2D eigenvalue weighted by molar-refractivity contribution is 6.30. The summed E-state index contributed by atoms with van der Waals surface area (Å²) in [5.74, 6) is -0.304. The van der Waals surface area contributed by atoms with Crippen molar-refractivity contribution in [3.63, 3.8) is 0 Å². The average Bonchev–Trinajstić information content (AvgIpc) is 3.12. The number of likely N-dealkylation sites (tertiary alicyclic amines) is 1. The van der Waals surface area contributed by atoms with Crippen molar-refractivity contribution in [3.05, 3.63) is 29.3 Å². The molecule has 172 valence electrons. The Balaban J connectivity index is 1.31. The molecule has 4 aliphatic rings. The first-order chi connectivity index (χ1) is 15.3. The minimum Gasteiger partial charge on any atom is -0.388 e. The van der Waals surface area contributed by atoms with Gasteiger partial charge in [-0.05, 0) is 56.9 Å². The van der Waals surface area contributed by atoms with Crippen molar-refractivity contribution < 1.29 is 9.90 Å². The van der Waals surface area contributed by atoms with Gasteiger partial charge >= 0.3 is 0 Å². The molecule has 9 heteroatoms. The van der Waals surface area contributed by atoms with Crippen LogP contribution in [0.3, 0.4) is 0 Å². The fourth-order valence-corrected chi connectivity index (χ4v) is 6.18. The van der Waals surface area contributed by atoms with Crippen LogP contribution in [-0.2, 0) is 4.79 Å². The molecular weight excluding hydrogens is 428 g/mol. The van der Waals surface area contributed by atoms with E-state index in [4.69, 9.17) is 11.6 Å². The molecule has 1 saturated carbocycles. The maximum absolute atomic E-state index is 12.8. The highest BCUT2D eigenvalue weighted by Gasteiger charge is 2.52. The highest BCUT2D eigenvalue weighted by Crippen LogP contribution is 2.39. The van der Waals surface area contributed by atoms with Gasteiger partial charge in [0.05, 0.1) is 23.5 Å². The lowest BCUT2D eigenvalue weighted by Crippen LogP contribution is -2.65. The standard InChI is InChI=1S/C23H31ClN6O2/c1-23(32)12-29(13-23)17-6-7-18(14(10-17)11-25)30-19-8-9-26-22(31)20(19)21(28-30)27-16-4-2-15(24)3-5-16/h2-5,14,17-21,27-28,32H,6-10,12-13H2,1H3,(H,26,31)/t14-,17-,18+,19?,20?,21?/m1/s1. The summed E-state index contributed by atoms with van der Waals surface area (Å²) in [6, 6.07) is 10.5. The van der Waals surface area contributed by atoms with Gasteiger partial charge in [-0.25, -0.2) is 10.4 Å². The number of amides is 1. The predicted octanol–water partition coefficient (Wildman–Crippen LogP) is 1.53. The van der Waals surface area contributed by atoms with E-state index in [1.807, 2.05) is 31.2 Å². The zero-order chi connectivity index (χ0) is 22.5. The predicted molar refractivity (Wildman–Crippen MR) is 121 cm³/mol. The second-order valence-electron chi connectivity index (χ2n) is 10.0. The van der Waals surface area contributed by atoms with Gasteiger partial charge in [0.1, 0.15) is 6.17 Å². The molecule has 3 saturated heterocycles. The molecule has 3 aliphatic heterocycles. The Hall–Kier alpha value is -1.89. The van der Waals surface area contributed by atoms with Crippen LogP contribution in [0.25, 0.3) is 0 Å². The number of hydrazine groups is 1. The van der Waals surface area contributed by atoms with E-state index in [-0.39, 0.29) is 36.0 Å². The van der Waals surface area contributed by atoms with E-state index in [2.05, 4.69) is 32.0 Å². The lowest BCUT2D eigenvalue weighted by molar-refractivity contribution is -0.128. The third kappa shape index (κ3) is 4.09. The SMILES string of the molecule is CC1(O)CN([C@@H]2CC[C@H](N3NC(Nc4ccc(Cl)cc4)C4C(=O)NCCC43)[C@@H](C#N)C2)C1. The Morgan fingerprint density at radius 2 is 1.97 bits per heavy atom. The monoisotopic (exact) mass is 458 g/mol. The van der Waals surface area contributed by atoms with Crippen LogP contribution in [0.2, 0.25) is 5.02 Å². The molecule has 5 rings (SSSR count). The number of hydrogen-bond donors (Lipinski definition) is 4. The quantitative estimate of drug-likeness (QED) is 0.542. The van der Waals surface area contributed by atoms with Gasteiger partial charge < -0.3 is 15.7 Å². The van der Waals surface area contributed by atoms with Gasteiger partial charge in [-0.1, -0.05) is 11.6 Å². The number of nitrogens with one attached hydrogen (secondary N) is 3. The van der Waals surface area contributed by atoms with Crippen molar-refractivity contribution in [3.8, 4) is 6.07 Å². The highest BCUT2D eigenvalue weighted by atomic mass is 35.5. The number of nitrogens with zero attached hydrogens (tertiary/aromatic N) is 3. The average molecular weight is 459 g/mol. The molecule has 1 amide bonds. The largest absolute Gasteiger partial charge is 0.388 e. The second kappa shape index (κ2) is 8.47. The zero-order valence-electron chi connectivity index (χ0n) is 18.3. The van der Waals surface area contributed by atoms with Crippen molar-refractivity contribution in [1.82, 2.24) is 20.7 Å². The first kappa shape index (κ1) is 21.9. The summed E-state index contributed by atoms with van der Waals surface area (Å²) in [4.78, 5) is 15.1. The van der Waals surface area contributed by atoms with E-state index in [1.165, 1.54) is 0 Å². The van der Waals surface area contributed by atoms with Crippen LogP contribution in [0.5, 0.6) is 0 Å². The molecular formula is C23H31ClN6O2. The van der Waals surface area contributed by atoms with Crippen LogP contribution >= 0.6 is 11.6 Å². The summed E-state index contributed by atoms with van der Waals surface area (Å²) < 4.78 is 0. The van der Waals surface area contributed by atoms with Crippen molar-refractivity contribution in [1.29, 1.82) is 5.26 Å². The third-order valence-electron chi connectivity index (χ3n) is 7.54. The summed E-state index contributed by atoms with van der Waals surface area (Å²) in [7, 11) is 0. The number of halogens is 1. The Morgan fingerprint density at radius 3 is 2.66 bits per heavy atom. The topological polar surface area (TPSA) is 104 Å². The molecule has 1 aromatic rings. The van der Waals surface area contributed by atoms with Crippen LogP contribution in [0.1, 0.15) is 32.6 Å². The van der Waals surface area contributed by atoms with E-state index in [9.17, 15) is 15.2 Å². The number of β-amino-alcohol motifs (C(OH)–C–C–N with tert-alkyl or cyclic N) is 1. The second-order valence-corrected chi connectivity index (χ2v) is 10.4. The maximum atomic E-state index is 12.8. The van der Waals surface area contributed by atoms with Gasteiger partial charge in [-0.2, -0.15) is 5.26 Å². The first-order valence-corrected chi connectivity index (χ1v) is 11.9. The number of rotatable bonds is 4. The Kier molecular flexibility index (Phi) is 5.81. The molecule has 0 bridgehead atoms. The van der Waals surface area contributed by atoms with E-state index < -0.39 is 5.60 Å². The van der Waals surface area contributed by atoms with E-state index in [0.717, 1.165) is 31.4 Å². The van der Waals surface area contributed by atoms with Crippen molar-refractivity contribution in [2.45, 2.75) is 62.5 Å². The third-order valence-corrected chi connectivity index (χ3v) is 7.79.